The number of rotatable bonds is 8. The van der Waals surface area contributed by atoms with Gasteiger partial charge in [0, 0.05) is 25.6 Å². The summed E-state index contributed by atoms with van der Waals surface area (Å²) < 4.78 is 25.6. The number of nitrogens with zero attached hydrogens (tertiary/aromatic N) is 2. The smallest absolute Gasteiger partial charge is 0.232 e. The topological polar surface area (TPSA) is 57.7 Å². The number of anilines is 1. The van der Waals surface area contributed by atoms with Gasteiger partial charge < -0.3 is 4.90 Å². The molecule has 0 radical (unpaired) electrons. The molecule has 2 rings (SSSR count). The van der Waals surface area contributed by atoms with Crippen LogP contribution in [0.25, 0.3) is 0 Å². The van der Waals surface area contributed by atoms with Crippen molar-refractivity contribution in [3.63, 3.8) is 0 Å². The Bertz CT molecular complexity index is 805. The van der Waals surface area contributed by atoms with E-state index in [0.717, 1.165) is 11.8 Å². The van der Waals surface area contributed by atoms with Gasteiger partial charge in [-0.1, -0.05) is 48.5 Å². The van der Waals surface area contributed by atoms with Crippen molar-refractivity contribution in [1.82, 2.24) is 4.90 Å². The molecule has 0 aliphatic rings. The summed E-state index contributed by atoms with van der Waals surface area (Å²) in [6.07, 6.45) is 1.29. The Morgan fingerprint density at radius 2 is 1.50 bits per heavy atom. The van der Waals surface area contributed by atoms with E-state index in [4.69, 9.17) is 0 Å². The Balaban J connectivity index is 2.10. The van der Waals surface area contributed by atoms with E-state index < -0.39 is 10.0 Å². The molecule has 5 nitrogen and oxygen atoms in total. The molecular formula is C20H26N2O3S. The molecule has 0 unspecified atom stereocenters. The van der Waals surface area contributed by atoms with Crippen LogP contribution in [0.2, 0.25) is 0 Å². The molecule has 0 aliphatic carbocycles. The van der Waals surface area contributed by atoms with Gasteiger partial charge in [-0.05, 0) is 31.5 Å². The first-order chi connectivity index (χ1) is 12.3. The molecule has 0 spiro atoms. The van der Waals surface area contributed by atoms with Gasteiger partial charge in [0.15, 0.2) is 0 Å². The van der Waals surface area contributed by atoms with Gasteiger partial charge in [-0.2, -0.15) is 0 Å². The summed E-state index contributed by atoms with van der Waals surface area (Å²) in [5, 5.41) is 0. The fraction of sp³-hybridized carbons (Fsp3) is 0.350. The summed E-state index contributed by atoms with van der Waals surface area (Å²) in [7, 11) is -3.46. The number of carbonyl (C=O) groups excluding carboxylic acids is 1. The van der Waals surface area contributed by atoms with Crippen molar-refractivity contribution in [2.45, 2.75) is 32.9 Å². The summed E-state index contributed by atoms with van der Waals surface area (Å²) in [6.45, 7) is 4.57. The number of amides is 1. The molecular weight excluding hydrogens is 348 g/mol. The zero-order chi connectivity index (χ0) is 19.2. The van der Waals surface area contributed by atoms with Crippen LogP contribution in [0, 0.1) is 0 Å². The van der Waals surface area contributed by atoms with E-state index in [-0.39, 0.29) is 24.9 Å². The predicted octanol–water partition coefficient (Wildman–Crippen LogP) is 3.28. The van der Waals surface area contributed by atoms with Gasteiger partial charge in [-0.3, -0.25) is 9.10 Å². The number of para-hydroxylation sites is 1. The second-order valence-corrected chi connectivity index (χ2v) is 8.43. The molecule has 140 valence electrons. The highest BCUT2D eigenvalue weighted by molar-refractivity contribution is 7.92. The van der Waals surface area contributed by atoms with E-state index in [2.05, 4.69) is 0 Å². The van der Waals surface area contributed by atoms with E-state index in [1.54, 1.807) is 29.2 Å². The Kier molecular flexibility index (Phi) is 6.80. The summed E-state index contributed by atoms with van der Waals surface area (Å²) in [4.78, 5) is 14.5. The molecule has 0 aliphatic heterocycles. The van der Waals surface area contributed by atoms with E-state index in [9.17, 15) is 13.2 Å². The fourth-order valence-corrected chi connectivity index (χ4v) is 3.69. The van der Waals surface area contributed by atoms with Gasteiger partial charge >= 0.3 is 0 Å². The lowest BCUT2D eigenvalue weighted by Gasteiger charge is -2.29. The highest BCUT2D eigenvalue weighted by Gasteiger charge is 2.22. The molecule has 0 saturated heterocycles. The van der Waals surface area contributed by atoms with Crippen LogP contribution in [-0.2, 0) is 21.4 Å². The molecule has 0 heterocycles. The lowest BCUT2D eigenvalue weighted by Crippen LogP contribution is -2.39. The first-order valence-electron chi connectivity index (χ1n) is 8.65. The molecule has 0 aromatic heterocycles. The molecule has 0 bridgehead atoms. The van der Waals surface area contributed by atoms with Gasteiger partial charge in [0.05, 0.1) is 11.9 Å². The molecule has 0 N–H and O–H groups in total. The number of hydrogen-bond acceptors (Lipinski definition) is 3. The van der Waals surface area contributed by atoms with Crippen molar-refractivity contribution in [3.8, 4) is 0 Å². The van der Waals surface area contributed by atoms with Crippen LogP contribution in [-0.4, -0.2) is 38.1 Å². The zero-order valence-electron chi connectivity index (χ0n) is 15.5. The second-order valence-electron chi connectivity index (χ2n) is 6.52. The van der Waals surface area contributed by atoms with Crippen molar-refractivity contribution >= 4 is 21.6 Å². The second kappa shape index (κ2) is 8.85. The molecule has 0 saturated carbocycles. The predicted molar refractivity (Wildman–Crippen MR) is 105 cm³/mol. The van der Waals surface area contributed by atoms with Gasteiger partial charge in [0.25, 0.3) is 0 Å². The molecule has 6 heteroatoms. The van der Waals surface area contributed by atoms with Crippen molar-refractivity contribution in [2.24, 2.45) is 0 Å². The van der Waals surface area contributed by atoms with Crippen LogP contribution in [0.1, 0.15) is 25.8 Å². The fourth-order valence-electron chi connectivity index (χ4n) is 2.76. The Morgan fingerprint density at radius 3 is 2.00 bits per heavy atom. The lowest BCUT2D eigenvalue weighted by molar-refractivity contribution is -0.133. The lowest BCUT2D eigenvalue weighted by atomic mass is 10.1. The van der Waals surface area contributed by atoms with Crippen LogP contribution >= 0.6 is 0 Å². The van der Waals surface area contributed by atoms with Crippen LogP contribution in [0.4, 0.5) is 5.69 Å². The van der Waals surface area contributed by atoms with E-state index >= 15 is 0 Å². The van der Waals surface area contributed by atoms with Gasteiger partial charge in [-0.25, -0.2) is 8.42 Å². The molecule has 1 amide bonds. The third kappa shape index (κ3) is 5.59. The summed E-state index contributed by atoms with van der Waals surface area (Å²) >= 11 is 0. The maximum absolute atomic E-state index is 12.8. The maximum Gasteiger partial charge on any atom is 0.232 e. The SMILES string of the molecule is CC(C)N(Cc1ccccc1)C(=O)CCN(c1ccccc1)S(C)(=O)=O. The number of carbonyl (C=O) groups is 1. The summed E-state index contributed by atoms with van der Waals surface area (Å²) in [5.41, 5.74) is 1.62. The van der Waals surface area contributed by atoms with Crippen molar-refractivity contribution < 1.29 is 13.2 Å². The minimum Gasteiger partial charge on any atom is -0.336 e. The van der Waals surface area contributed by atoms with Crippen molar-refractivity contribution in [1.29, 1.82) is 0 Å². The molecule has 0 fully saturated rings. The third-order valence-corrected chi connectivity index (χ3v) is 5.31. The maximum atomic E-state index is 12.8. The van der Waals surface area contributed by atoms with Crippen LogP contribution in [0.15, 0.2) is 60.7 Å². The number of benzene rings is 2. The van der Waals surface area contributed by atoms with Crippen LogP contribution < -0.4 is 4.31 Å². The Hall–Kier alpha value is -2.34. The largest absolute Gasteiger partial charge is 0.336 e. The summed E-state index contributed by atoms with van der Waals surface area (Å²) in [6, 6.07) is 18.7. The molecule has 2 aromatic rings. The minimum atomic E-state index is -3.46. The van der Waals surface area contributed by atoms with Crippen molar-refractivity contribution in [2.75, 3.05) is 17.1 Å². The van der Waals surface area contributed by atoms with Gasteiger partial charge in [0.1, 0.15) is 0 Å². The van der Waals surface area contributed by atoms with Crippen LogP contribution in [0.3, 0.4) is 0 Å². The van der Waals surface area contributed by atoms with Gasteiger partial charge in [-0.15, -0.1) is 0 Å². The standard InChI is InChI=1S/C20H26N2O3S/c1-17(2)21(16-18-10-6-4-7-11-18)20(23)14-15-22(26(3,24)25)19-12-8-5-9-13-19/h4-13,17H,14-16H2,1-3H3. The molecule has 26 heavy (non-hydrogen) atoms. The van der Waals surface area contributed by atoms with E-state index in [1.165, 1.54) is 4.31 Å². The molecule has 0 atom stereocenters. The summed E-state index contributed by atoms with van der Waals surface area (Å²) in [5.74, 6) is -0.0616. The highest BCUT2D eigenvalue weighted by atomic mass is 32.2. The average Bonchev–Trinajstić information content (AvgIpc) is 2.60. The molecule has 2 aromatic carbocycles. The third-order valence-electron chi connectivity index (χ3n) is 4.11. The minimum absolute atomic E-state index is 0.0334. The zero-order valence-corrected chi connectivity index (χ0v) is 16.3. The first kappa shape index (κ1) is 20.0. The first-order valence-corrected chi connectivity index (χ1v) is 10.5. The Morgan fingerprint density at radius 1 is 0.962 bits per heavy atom. The van der Waals surface area contributed by atoms with Crippen molar-refractivity contribution in [3.05, 3.63) is 66.2 Å². The average molecular weight is 375 g/mol. The van der Waals surface area contributed by atoms with E-state index in [1.807, 2.05) is 50.2 Å². The van der Waals surface area contributed by atoms with Crippen LogP contribution in [0.5, 0.6) is 0 Å². The Labute approximate surface area is 156 Å². The number of hydrogen-bond donors (Lipinski definition) is 0. The number of sulfonamides is 1. The highest BCUT2D eigenvalue weighted by Crippen LogP contribution is 2.18. The normalized spacial score (nSPS) is 11.4. The van der Waals surface area contributed by atoms with E-state index in [0.29, 0.717) is 12.2 Å². The van der Waals surface area contributed by atoms with Gasteiger partial charge in [0.2, 0.25) is 15.9 Å². The monoisotopic (exact) mass is 374 g/mol. The quantitative estimate of drug-likeness (QED) is 0.712.